The summed E-state index contributed by atoms with van der Waals surface area (Å²) in [4.78, 5) is 8.29. The molecule has 0 amide bonds. The number of hydrogen-bond acceptors (Lipinski definition) is 2. The number of alkyl halides is 3. The highest BCUT2D eigenvalue weighted by atomic mass is 19.4. The third kappa shape index (κ3) is 1.92. The van der Waals surface area contributed by atoms with Crippen molar-refractivity contribution in [2.45, 2.75) is 19.6 Å². The molecule has 0 bridgehead atoms. The van der Waals surface area contributed by atoms with Gasteiger partial charge in [-0.15, -0.1) is 0 Å². The molecule has 1 aromatic heterocycles. The zero-order chi connectivity index (χ0) is 14.5. The molecule has 6 heteroatoms. The number of aromatic nitrogens is 2. The third-order valence-electron chi connectivity index (χ3n) is 3.54. The maximum atomic E-state index is 13.0. The number of benzene rings is 1. The van der Waals surface area contributed by atoms with E-state index >= 15 is 0 Å². The van der Waals surface area contributed by atoms with E-state index in [1.54, 1.807) is 24.0 Å². The highest BCUT2D eigenvalue weighted by Crippen LogP contribution is 2.36. The quantitative estimate of drug-likeness (QED) is 0.787. The van der Waals surface area contributed by atoms with Crippen LogP contribution in [0, 0.1) is 6.92 Å². The first-order valence-electron chi connectivity index (χ1n) is 6.10. The van der Waals surface area contributed by atoms with Crippen molar-refractivity contribution in [3.63, 3.8) is 0 Å². The average molecular weight is 279 g/mol. The minimum Gasteiger partial charge on any atom is -0.331 e. The molecular formula is C14H12F3N3. The second-order valence-corrected chi connectivity index (χ2v) is 4.85. The smallest absolute Gasteiger partial charge is 0.331 e. The number of fused-ring (bicyclic) bond motifs is 1. The van der Waals surface area contributed by atoms with E-state index in [2.05, 4.69) is 9.98 Å². The van der Waals surface area contributed by atoms with E-state index in [0.717, 1.165) is 17.3 Å². The second-order valence-electron chi connectivity index (χ2n) is 4.85. The van der Waals surface area contributed by atoms with Crippen molar-refractivity contribution in [2.75, 3.05) is 0 Å². The second kappa shape index (κ2) is 4.19. The molecule has 0 fully saturated rings. The highest BCUT2D eigenvalue weighted by Gasteiger charge is 2.33. The van der Waals surface area contributed by atoms with Crippen LogP contribution in [0.4, 0.5) is 13.2 Å². The molecule has 3 rings (SSSR count). The summed E-state index contributed by atoms with van der Waals surface area (Å²) >= 11 is 0. The van der Waals surface area contributed by atoms with Crippen LogP contribution in [0.15, 0.2) is 23.3 Å². The lowest BCUT2D eigenvalue weighted by Crippen LogP contribution is -2.08. The average Bonchev–Trinajstić information content (AvgIpc) is 2.96. The van der Waals surface area contributed by atoms with Crippen molar-refractivity contribution in [3.05, 3.63) is 40.7 Å². The maximum Gasteiger partial charge on any atom is 0.416 e. The maximum absolute atomic E-state index is 13.0. The molecule has 0 saturated carbocycles. The number of aryl methyl sites for hydroxylation is 1. The summed E-state index contributed by atoms with van der Waals surface area (Å²) in [5.74, 6) is 0.526. The van der Waals surface area contributed by atoms with Gasteiger partial charge in [0.1, 0.15) is 5.82 Å². The zero-order valence-electron chi connectivity index (χ0n) is 11.0. The van der Waals surface area contributed by atoms with E-state index in [1.165, 1.54) is 6.07 Å². The minimum absolute atomic E-state index is 0.287. The van der Waals surface area contributed by atoms with Crippen molar-refractivity contribution in [2.24, 2.45) is 12.0 Å². The summed E-state index contributed by atoms with van der Waals surface area (Å²) in [7, 11) is 1.79. The fraction of sp³-hybridized carbons (Fsp3) is 0.286. The molecule has 0 spiro atoms. The molecule has 3 nitrogen and oxygen atoms in total. The molecule has 1 aliphatic rings. The lowest BCUT2D eigenvalue weighted by molar-refractivity contribution is -0.137. The Bertz CT molecular complexity index is 711. The van der Waals surface area contributed by atoms with Crippen LogP contribution in [-0.4, -0.2) is 15.8 Å². The summed E-state index contributed by atoms with van der Waals surface area (Å²) in [5, 5.41) is 0. The van der Waals surface area contributed by atoms with Gasteiger partial charge in [0.2, 0.25) is 0 Å². The SMILES string of the molecule is Cc1cnc(-c2cc(C(F)(F)F)cc3c2C=NC3)n1C. The molecular weight excluding hydrogens is 267 g/mol. The van der Waals surface area contributed by atoms with Gasteiger partial charge in [-0.05, 0) is 24.6 Å². The number of imidazole rings is 1. The van der Waals surface area contributed by atoms with Gasteiger partial charge in [-0.3, -0.25) is 4.99 Å². The lowest BCUT2D eigenvalue weighted by Gasteiger charge is -2.13. The van der Waals surface area contributed by atoms with E-state index in [9.17, 15) is 13.2 Å². The van der Waals surface area contributed by atoms with Crippen LogP contribution in [0.2, 0.25) is 0 Å². The Kier molecular flexibility index (Phi) is 2.70. The van der Waals surface area contributed by atoms with Crippen LogP contribution in [-0.2, 0) is 19.8 Å². The van der Waals surface area contributed by atoms with Crippen LogP contribution in [0.1, 0.15) is 22.4 Å². The normalized spacial score (nSPS) is 13.8. The van der Waals surface area contributed by atoms with Crippen molar-refractivity contribution >= 4 is 6.21 Å². The van der Waals surface area contributed by atoms with Crippen LogP contribution in [0.25, 0.3) is 11.4 Å². The Morgan fingerprint density at radius 2 is 2.00 bits per heavy atom. The van der Waals surface area contributed by atoms with Gasteiger partial charge in [-0.2, -0.15) is 13.2 Å². The van der Waals surface area contributed by atoms with Crippen molar-refractivity contribution in [3.8, 4) is 11.4 Å². The number of rotatable bonds is 1. The standard InChI is InChI=1S/C14H12F3N3/c1-8-5-19-13(20(8)2)11-4-10(14(15,16)17)3-9-6-18-7-12(9)11/h3-5,7H,6H2,1-2H3. The molecule has 104 valence electrons. The Balaban J connectivity index is 2.27. The predicted octanol–water partition coefficient (Wildman–Crippen LogP) is 3.35. The minimum atomic E-state index is -4.37. The number of hydrogen-bond donors (Lipinski definition) is 0. The van der Waals surface area contributed by atoms with Gasteiger partial charge in [0.05, 0.1) is 12.1 Å². The molecule has 1 aliphatic heterocycles. The molecule has 0 radical (unpaired) electrons. The molecule has 0 saturated heterocycles. The van der Waals surface area contributed by atoms with Gasteiger partial charge in [-0.1, -0.05) is 0 Å². The van der Waals surface area contributed by atoms with E-state index in [0.29, 0.717) is 17.0 Å². The summed E-state index contributed by atoms with van der Waals surface area (Å²) in [6.07, 6.45) is -1.10. The van der Waals surface area contributed by atoms with Crippen LogP contribution < -0.4 is 0 Å². The first kappa shape index (κ1) is 12.9. The molecule has 1 aromatic carbocycles. The number of aliphatic imine (C=N–C) groups is 1. The largest absolute Gasteiger partial charge is 0.416 e. The van der Waals surface area contributed by atoms with Crippen molar-refractivity contribution in [1.29, 1.82) is 0 Å². The lowest BCUT2D eigenvalue weighted by atomic mass is 9.98. The van der Waals surface area contributed by atoms with Gasteiger partial charge in [0.25, 0.3) is 0 Å². The number of halogens is 3. The Morgan fingerprint density at radius 3 is 2.60 bits per heavy atom. The van der Waals surface area contributed by atoms with Gasteiger partial charge in [-0.25, -0.2) is 4.98 Å². The first-order chi connectivity index (χ1) is 9.38. The van der Waals surface area contributed by atoms with Gasteiger partial charge in [0, 0.05) is 36.3 Å². The molecule has 0 atom stereocenters. The van der Waals surface area contributed by atoms with Gasteiger partial charge < -0.3 is 4.57 Å². The summed E-state index contributed by atoms with van der Waals surface area (Å²) < 4.78 is 40.7. The molecule has 2 heterocycles. The van der Waals surface area contributed by atoms with Crippen molar-refractivity contribution in [1.82, 2.24) is 9.55 Å². The Hall–Kier alpha value is -2.11. The van der Waals surface area contributed by atoms with Crippen LogP contribution in [0.5, 0.6) is 0 Å². The van der Waals surface area contributed by atoms with E-state index in [-0.39, 0.29) is 6.54 Å². The number of nitrogens with zero attached hydrogens (tertiary/aromatic N) is 3. The molecule has 0 unspecified atom stereocenters. The van der Waals surface area contributed by atoms with Crippen LogP contribution >= 0.6 is 0 Å². The Morgan fingerprint density at radius 1 is 1.25 bits per heavy atom. The fourth-order valence-corrected chi connectivity index (χ4v) is 2.33. The third-order valence-corrected chi connectivity index (χ3v) is 3.54. The van der Waals surface area contributed by atoms with Gasteiger partial charge >= 0.3 is 6.18 Å². The summed E-state index contributed by atoms with van der Waals surface area (Å²) in [5.41, 5.74) is 2.03. The Labute approximate surface area is 113 Å². The van der Waals surface area contributed by atoms with E-state index in [1.807, 2.05) is 6.92 Å². The van der Waals surface area contributed by atoms with Crippen LogP contribution in [0.3, 0.4) is 0 Å². The molecule has 0 aliphatic carbocycles. The molecule has 20 heavy (non-hydrogen) atoms. The fourth-order valence-electron chi connectivity index (χ4n) is 2.33. The summed E-state index contributed by atoms with van der Waals surface area (Å²) in [6, 6.07) is 2.32. The van der Waals surface area contributed by atoms with Crippen molar-refractivity contribution < 1.29 is 13.2 Å². The van der Waals surface area contributed by atoms with Gasteiger partial charge in [0.15, 0.2) is 0 Å². The molecule has 0 N–H and O–H groups in total. The van der Waals surface area contributed by atoms with E-state index in [4.69, 9.17) is 0 Å². The predicted molar refractivity (Wildman–Crippen MR) is 69.7 cm³/mol. The monoisotopic (exact) mass is 279 g/mol. The summed E-state index contributed by atoms with van der Waals surface area (Å²) in [6.45, 7) is 2.15. The zero-order valence-corrected chi connectivity index (χ0v) is 11.0. The first-order valence-corrected chi connectivity index (χ1v) is 6.10. The topological polar surface area (TPSA) is 30.2 Å². The van der Waals surface area contributed by atoms with E-state index < -0.39 is 11.7 Å². The molecule has 2 aromatic rings. The highest BCUT2D eigenvalue weighted by molar-refractivity contribution is 5.93.